The largest absolute Gasteiger partial charge is 0.444 e. The average Bonchev–Trinajstić information content (AvgIpc) is 2.48. The quantitative estimate of drug-likeness (QED) is 0.644. The number of halogens is 2. The van der Waals surface area contributed by atoms with Crippen LogP contribution in [0.15, 0.2) is 6.20 Å². The zero-order valence-corrected chi connectivity index (χ0v) is 15.8. The van der Waals surface area contributed by atoms with E-state index in [9.17, 15) is 4.79 Å². The fourth-order valence-corrected chi connectivity index (χ4v) is 2.99. The second kappa shape index (κ2) is 8.32. The summed E-state index contributed by atoms with van der Waals surface area (Å²) < 4.78 is 5.45. The van der Waals surface area contributed by atoms with Crippen molar-refractivity contribution in [2.75, 3.05) is 19.6 Å². The molecule has 1 aliphatic rings. The number of carbonyl (C=O) groups excluding carboxylic acids is 1. The highest BCUT2D eigenvalue weighted by molar-refractivity contribution is 6.32. The lowest BCUT2D eigenvalue weighted by molar-refractivity contribution is 0.0166. The van der Waals surface area contributed by atoms with Gasteiger partial charge in [-0.3, -0.25) is 0 Å². The fraction of sp³-hybridized carbons (Fsp3) is 0.688. The predicted molar refractivity (Wildman–Crippen MR) is 94.3 cm³/mol. The SMILES string of the molecule is CC(C)(C)OC(=O)N1CCC[C@H](CNCc2cnc(Cl)nc2Cl)C1. The maximum absolute atomic E-state index is 12.2. The lowest BCUT2D eigenvalue weighted by Crippen LogP contribution is -2.45. The van der Waals surface area contributed by atoms with Crippen molar-refractivity contribution >= 4 is 29.3 Å². The highest BCUT2D eigenvalue weighted by Crippen LogP contribution is 2.19. The predicted octanol–water partition coefficient (Wildman–Crippen LogP) is 3.52. The number of hydrogen-bond acceptors (Lipinski definition) is 5. The van der Waals surface area contributed by atoms with Gasteiger partial charge in [0.25, 0.3) is 0 Å². The van der Waals surface area contributed by atoms with Gasteiger partial charge in [0.15, 0.2) is 0 Å². The van der Waals surface area contributed by atoms with Crippen LogP contribution in [0.5, 0.6) is 0 Å². The third kappa shape index (κ3) is 6.07. The average molecular weight is 375 g/mol. The Balaban J connectivity index is 1.79. The first kappa shape index (κ1) is 19.2. The van der Waals surface area contributed by atoms with Gasteiger partial charge in [-0.05, 0) is 57.7 Å². The van der Waals surface area contributed by atoms with E-state index in [1.165, 1.54) is 0 Å². The molecule has 6 nitrogen and oxygen atoms in total. The van der Waals surface area contributed by atoms with E-state index in [0.717, 1.165) is 31.5 Å². The third-order valence-electron chi connectivity index (χ3n) is 3.70. The van der Waals surface area contributed by atoms with E-state index in [2.05, 4.69) is 15.3 Å². The summed E-state index contributed by atoms with van der Waals surface area (Å²) in [5.74, 6) is 0.387. The van der Waals surface area contributed by atoms with Gasteiger partial charge < -0.3 is 15.0 Å². The Bertz CT molecular complexity index is 578. The highest BCUT2D eigenvalue weighted by atomic mass is 35.5. The van der Waals surface area contributed by atoms with E-state index < -0.39 is 5.60 Å². The number of rotatable bonds is 4. The monoisotopic (exact) mass is 374 g/mol. The molecule has 1 aromatic heterocycles. The lowest BCUT2D eigenvalue weighted by atomic mass is 9.98. The summed E-state index contributed by atoms with van der Waals surface area (Å²) in [6, 6.07) is 0. The van der Waals surface area contributed by atoms with Crippen molar-refractivity contribution in [3.63, 3.8) is 0 Å². The molecule has 0 saturated carbocycles. The van der Waals surface area contributed by atoms with Crippen LogP contribution in [0.3, 0.4) is 0 Å². The minimum Gasteiger partial charge on any atom is -0.444 e. The first-order chi connectivity index (χ1) is 11.2. The highest BCUT2D eigenvalue weighted by Gasteiger charge is 2.27. The van der Waals surface area contributed by atoms with E-state index in [1.54, 1.807) is 11.1 Å². The second-order valence-corrected chi connectivity index (χ2v) is 7.72. The first-order valence-electron chi connectivity index (χ1n) is 8.10. The molecule has 0 aromatic carbocycles. The minimum atomic E-state index is -0.465. The molecule has 1 aromatic rings. The van der Waals surface area contributed by atoms with Crippen LogP contribution in [0, 0.1) is 5.92 Å². The van der Waals surface area contributed by atoms with Gasteiger partial charge in [0.05, 0.1) is 0 Å². The Hall–Kier alpha value is -1.11. The summed E-state index contributed by atoms with van der Waals surface area (Å²) >= 11 is 11.7. The molecule has 134 valence electrons. The van der Waals surface area contributed by atoms with Crippen LogP contribution in [0.1, 0.15) is 39.2 Å². The van der Waals surface area contributed by atoms with E-state index >= 15 is 0 Å². The molecule has 1 atom stereocenters. The van der Waals surface area contributed by atoms with Crippen molar-refractivity contribution in [2.24, 2.45) is 5.92 Å². The van der Waals surface area contributed by atoms with Crippen LogP contribution in [0.25, 0.3) is 0 Å². The summed E-state index contributed by atoms with van der Waals surface area (Å²) in [4.78, 5) is 21.8. The zero-order valence-electron chi connectivity index (χ0n) is 14.3. The molecular weight excluding hydrogens is 351 g/mol. The number of nitrogens with one attached hydrogen (secondary N) is 1. The molecule has 1 aliphatic heterocycles. The van der Waals surface area contributed by atoms with Crippen molar-refractivity contribution in [1.82, 2.24) is 20.2 Å². The molecule has 8 heteroatoms. The van der Waals surface area contributed by atoms with E-state index in [1.807, 2.05) is 20.8 Å². The molecule has 0 spiro atoms. The van der Waals surface area contributed by atoms with Crippen LogP contribution in [0.4, 0.5) is 4.79 Å². The molecular formula is C16H24Cl2N4O2. The summed E-state index contributed by atoms with van der Waals surface area (Å²) in [5.41, 5.74) is 0.342. The summed E-state index contributed by atoms with van der Waals surface area (Å²) in [6.45, 7) is 8.45. The number of ether oxygens (including phenoxy) is 1. The molecule has 1 fully saturated rings. The standard InChI is InChI=1S/C16H24Cl2N4O2/c1-16(2,3)24-15(23)22-6-4-5-11(10-22)7-19-8-12-9-20-14(18)21-13(12)17/h9,11,19H,4-8,10H2,1-3H3/t11-/m1/s1. The number of likely N-dealkylation sites (tertiary alicyclic amines) is 1. The molecule has 24 heavy (non-hydrogen) atoms. The molecule has 0 radical (unpaired) electrons. The van der Waals surface area contributed by atoms with E-state index in [-0.39, 0.29) is 11.4 Å². The third-order valence-corrected chi connectivity index (χ3v) is 4.21. The van der Waals surface area contributed by atoms with Gasteiger partial charge in [-0.2, -0.15) is 0 Å². The molecule has 1 saturated heterocycles. The molecule has 1 amide bonds. The van der Waals surface area contributed by atoms with Gasteiger partial charge in [-0.25, -0.2) is 14.8 Å². The number of aromatic nitrogens is 2. The second-order valence-electron chi connectivity index (χ2n) is 7.02. The van der Waals surface area contributed by atoms with Crippen molar-refractivity contribution in [2.45, 2.75) is 45.8 Å². The number of carbonyl (C=O) groups is 1. The molecule has 2 rings (SSSR count). The molecule has 2 heterocycles. The van der Waals surface area contributed by atoms with E-state index in [0.29, 0.717) is 24.2 Å². The van der Waals surface area contributed by atoms with Crippen LogP contribution in [0.2, 0.25) is 10.4 Å². The topological polar surface area (TPSA) is 67.3 Å². The first-order valence-corrected chi connectivity index (χ1v) is 8.86. The lowest BCUT2D eigenvalue weighted by Gasteiger charge is -2.34. The van der Waals surface area contributed by atoms with Gasteiger partial charge in [0.2, 0.25) is 5.28 Å². The van der Waals surface area contributed by atoms with Crippen LogP contribution in [-0.2, 0) is 11.3 Å². The van der Waals surface area contributed by atoms with Crippen LogP contribution >= 0.6 is 23.2 Å². The molecule has 1 N–H and O–H groups in total. The van der Waals surface area contributed by atoms with Gasteiger partial charge in [-0.15, -0.1) is 0 Å². The maximum Gasteiger partial charge on any atom is 0.410 e. The Kier molecular flexibility index (Phi) is 6.66. The maximum atomic E-state index is 12.2. The Morgan fingerprint density at radius 2 is 2.21 bits per heavy atom. The molecule has 0 bridgehead atoms. The van der Waals surface area contributed by atoms with Crippen molar-refractivity contribution in [3.8, 4) is 0 Å². The Labute approximate surface area is 152 Å². The van der Waals surface area contributed by atoms with Gasteiger partial charge >= 0.3 is 6.09 Å². The summed E-state index contributed by atoms with van der Waals surface area (Å²) in [5, 5.41) is 3.86. The fourth-order valence-electron chi connectivity index (χ4n) is 2.62. The summed E-state index contributed by atoms with van der Waals surface area (Å²) in [6.07, 6.45) is 3.45. The molecule has 0 aliphatic carbocycles. The van der Waals surface area contributed by atoms with E-state index in [4.69, 9.17) is 27.9 Å². The smallest absolute Gasteiger partial charge is 0.410 e. The number of nitrogens with zero attached hydrogens (tertiary/aromatic N) is 3. The van der Waals surface area contributed by atoms with Crippen molar-refractivity contribution < 1.29 is 9.53 Å². The number of amides is 1. The van der Waals surface area contributed by atoms with Crippen LogP contribution < -0.4 is 5.32 Å². The van der Waals surface area contributed by atoms with Crippen LogP contribution in [-0.4, -0.2) is 46.2 Å². The zero-order chi connectivity index (χ0) is 17.7. The Morgan fingerprint density at radius 3 is 2.88 bits per heavy atom. The van der Waals surface area contributed by atoms with Gasteiger partial charge in [0.1, 0.15) is 10.8 Å². The number of piperidine rings is 1. The van der Waals surface area contributed by atoms with Gasteiger partial charge in [0, 0.05) is 31.4 Å². The van der Waals surface area contributed by atoms with Crippen molar-refractivity contribution in [3.05, 3.63) is 22.2 Å². The normalized spacial score (nSPS) is 18.5. The van der Waals surface area contributed by atoms with Gasteiger partial charge in [-0.1, -0.05) is 11.6 Å². The van der Waals surface area contributed by atoms with Crippen molar-refractivity contribution in [1.29, 1.82) is 0 Å². The summed E-state index contributed by atoms with van der Waals surface area (Å²) in [7, 11) is 0. The Morgan fingerprint density at radius 1 is 1.46 bits per heavy atom. The number of hydrogen-bond donors (Lipinski definition) is 1. The molecule has 0 unspecified atom stereocenters. The minimum absolute atomic E-state index is 0.143.